The Labute approximate surface area is 102 Å². The highest BCUT2D eigenvalue weighted by Gasteiger charge is 2.15. The Hall–Kier alpha value is -1.67. The van der Waals surface area contributed by atoms with Crippen LogP contribution in [0.5, 0.6) is 0 Å². The van der Waals surface area contributed by atoms with Crippen molar-refractivity contribution in [1.29, 1.82) is 0 Å². The van der Waals surface area contributed by atoms with Gasteiger partial charge in [-0.05, 0) is 43.0 Å². The van der Waals surface area contributed by atoms with Crippen LogP contribution in [0.3, 0.4) is 0 Å². The maximum absolute atomic E-state index is 10.4. The number of nitrogens with zero attached hydrogens (tertiary/aromatic N) is 1. The van der Waals surface area contributed by atoms with Gasteiger partial charge in [-0.3, -0.25) is 4.98 Å². The summed E-state index contributed by atoms with van der Waals surface area (Å²) in [5.74, 6) is 0. The summed E-state index contributed by atoms with van der Waals surface area (Å²) in [5.41, 5.74) is 5.12. The molecule has 2 rings (SSSR count). The van der Waals surface area contributed by atoms with Crippen LogP contribution in [0.2, 0.25) is 0 Å². The highest BCUT2D eigenvalue weighted by molar-refractivity contribution is 5.40. The van der Waals surface area contributed by atoms with Crippen molar-refractivity contribution in [1.82, 2.24) is 4.98 Å². The van der Waals surface area contributed by atoms with Crippen LogP contribution < -0.4 is 0 Å². The van der Waals surface area contributed by atoms with Crippen molar-refractivity contribution in [2.45, 2.75) is 26.9 Å². The third-order valence-corrected chi connectivity index (χ3v) is 3.03. The van der Waals surface area contributed by atoms with Crippen LogP contribution in [-0.4, -0.2) is 10.1 Å². The minimum Gasteiger partial charge on any atom is -0.384 e. The van der Waals surface area contributed by atoms with Crippen molar-refractivity contribution in [2.24, 2.45) is 0 Å². The first kappa shape index (κ1) is 11.8. The Bertz CT molecular complexity index is 514. The minimum absolute atomic E-state index is 0.594. The zero-order valence-corrected chi connectivity index (χ0v) is 10.4. The number of hydrogen-bond acceptors (Lipinski definition) is 2. The smallest absolute Gasteiger partial charge is 0.106 e. The minimum atomic E-state index is -0.594. The molecule has 1 unspecified atom stereocenters. The molecule has 2 aromatic rings. The quantitative estimate of drug-likeness (QED) is 0.855. The van der Waals surface area contributed by atoms with Crippen LogP contribution in [0.25, 0.3) is 0 Å². The van der Waals surface area contributed by atoms with E-state index in [1.165, 1.54) is 0 Å². The van der Waals surface area contributed by atoms with Crippen LogP contribution in [-0.2, 0) is 0 Å². The monoisotopic (exact) mass is 227 g/mol. The number of pyridine rings is 1. The van der Waals surface area contributed by atoms with Gasteiger partial charge in [-0.1, -0.05) is 24.3 Å². The molecule has 0 aliphatic rings. The van der Waals surface area contributed by atoms with Gasteiger partial charge in [0.15, 0.2) is 0 Å². The first-order chi connectivity index (χ1) is 8.09. The highest BCUT2D eigenvalue weighted by atomic mass is 16.3. The summed E-state index contributed by atoms with van der Waals surface area (Å²) < 4.78 is 0. The summed E-state index contributed by atoms with van der Waals surface area (Å²) in [6, 6.07) is 8.03. The van der Waals surface area contributed by atoms with E-state index >= 15 is 0 Å². The molecule has 0 fully saturated rings. The lowest BCUT2D eigenvalue weighted by atomic mass is 9.94. The summed E-state index contributed by atoms with van der Waals surface area (Å²) in [5, 5.41) is 10.4. The normalized spacial score (nSPS) is 12.5. The van der Waals surface area contributed by atoms with E-state index in [0.29, 0.717) is 0 Å². The van der Waals surface area contributed by atoms with Crippen LogP contribution in [0.1, 0.15) is 33.9 Å². The number of hydrogen-bond donors (Lipinski definition) is 1. The molecule has 0 radical (unpaired) electrons. The van der Waals surface area contributed by atoms with E-state index in [2.05, 4.69) is 4.98 Å². The number of aryl methyl sites for hydroxylation is 3. The number of aromatic nitrogens is 1. The number of aliphatic hydroxyl groups excluding tert-OH is 1. The molecule has 1 aromatic carbocycles. The van der Waals surface area contributed by atoms with Gasteiger partial charge >= 0.3 is 0 Å². The van der Waals surface area contributed by atoms with Gasteiger partial charge in [-0.15, -0.1) is 0 Å². The molecule has 0 saturated carbocycles. The van der Waals surface area contributed by atoms with Gasteiger partial charge in [0.25, 0.3) is 0 Å². The first-order valence-electron chi connectivity index (χ1n) is 5.75. The van der Waals surface area contributed by atoms with E-state index < -0.39 is 6.10 Å². The lowest BCUT2D eigenvalue weighted by Crippen LogP contribution is -2.05. The maximum atomic E-state index is 10.4. The standard InChI is InChI=1S/C15H17NO/c1-10-7-13(9-16-8-10)15(17)14-11(2)5-4-6-12(14)3/h4-9,15,17H,1-3H3. The third-order valence-electron chi connectivity index (χ3n) is 3.03. The summed E-state index contributed by atoms with van der Waals surface area (Å²) in [6.45, 7) is 6.03. The van der Waals surface area contributed by atoms with Gasteiger partial charge in [0, 0.05) is 18.0 Å². The van der Waals surface area contributed by atoms with E-state index in [1.54, 1.807) is 12.4 Å². The van der Waals surface area contributed by atoms with Crippen molar-refractivity contribution in [3.8, 4) is 0 Å². The first-order valence-corrected chi connectivity index (χ1v) is 5.75. The predicted octanol–water partition coefficient (Wildman–Crippen LogP) is 3.09. The Morgan fingerprint density at radius 2 is 1.71 bits per heavy atom. The van der Waals surface area contributed by atoms with E-state index in [1.807, 2.05) is 45.0 Å². The van der Waals surface area contributed by atoms with E-state index in [4.69, 9.17) is 0 Å². The lowest BCUT2D eigenvalue weighted by Gasteiger charge is -2.16. The second-order valence-corrected chi connectivity index (χ2v) is 4.50. The topological polar surface area (TPSA) is 33.1 Å². The van der Waals surface area contributed by atoms with Crippen molar-refractivity contribution < 1.29 is 5.11 Å². The molecule has 0 spiro atoms. The molecular weight excluding hydrogens is 210 g/mol. The summed E-state index contributed by atoms with van der Waals surface area (Å²) in [6.07, 6.45) is 2.92. The van der Waals surface area contributed by atoms with Gasteiger partial charge in [0.2, 0.25) is 0 Å². The molecule has 17 heavy (non-hydrogen) atoms. The van der Waals surface area contributed by atoms with Crippen LogP contribution in [0.4, 0.5) is 0 Å². The highest BCUT2D eigenvalue weighted by Crippen LogP contribution is 2.27. The zero-order valence-electron chi connectivity index (χ0n) is 10.4. The van der Waals surface area contributed by atoms with Gasteiger partial charge in [-0.25, -0.2) is 0 Å². The fourth-order valence-corrected chi connectivity index (χ4v) is 2.15. The zero-order chi connectivity index (χ0) is 12.4. The molecule has 0 aliphatic heterocycles. The fourth-order valence-electron chi connectivity index (χ4n) is 2.15. The largest absolute Gasteiger partial charge is 0.384 e. The van der Waals surface area contributed by atoms with Gasteiger partial charge in [0.1, 0.15) is 6.10 Å². The fraction of sp³-hybridized carbons (Fsp3) is 0.267. The van der Waals surface area contributed by atoms with Crippen LogP contribution >= 0.6 is 0 Å². The summed E-state index contributed by atoms with van der Waals surface area (Å²) >= 11 is 0. The van der Waals surface area contributed by atoms with E-state index in [-0.39, 0.29) is 0 Å². The molecule has 0 amide bonds. The van der Waals surface area contributed by atoms with Crippen molar-refractivity contribution >= 4 is 0 Å². The molecule has 0 aliphatic carbocycles. The average molecular weight is 227 g/mol. The average Bonchev–Trinajstić information content (AvgIpc) is 2.28. The molecule has 2 heteroatoms. The van der Waals surface area contributed by atoms with Crippen LogP contribution in [0, 0.1) is 20.8 Å². The molecule has 0 saturated heterocycles. The molecule has 1 heterocycles. The second-order valence-electron chi connectivity index (χ2n) is 4.50. The summed E-state index contributed by atoms with van der Waals surface area (Å²) in [7, 11) is 0. The Morgan fingerprint density at radius 3 is 2.29 bits per heavy atom. The Morgan fingerprint density at radius 1 is 1.06 bits per heavy atom. The second kappa shape index (κ2) is 4.68. The molecule has 1 aromatic heterocycles. The third kappa shape index (κ3) is 2.37. The SMILES string of the molecule is Cc1cncc(C(O)c2c(C)cccc2C)c1. The summed E-state index contributed by atoms with van der Waals surface area (Å²) in [4.78, 5) is 4.13. The molecule has 2 nitrogen and oxygen atoms in total. The molecular formula is C15H17NO. The van der Waals surface area contributed by atoms with E-state index in [9.17, 15) is 5.11 Å². The van der Waals surface area contributed by atoms with Crippen molar-refractivity contribution in [3.63, 3.8) is 0 Å². The van der Waals surface area contributed by atoms with Gasteiger partial charge in [-0.2, -0.15) is 0 Å². The molecule has 1 N–H and O–H groups in total. The van der Waals surface area contributed by atoms with E-state index in [0.717, 1.165) is 27.8 Å². The molecule has 1 atom stereocenters. The van der Waals surface area contributed by atoms with Gasteiger partial charge < -0.3 is 5.11 Å². The Kier molecular flexibility index (Phi) is 3.25. The van der Waals surface area contributed by atoms with Gasteiger partial charge in [0.05, 0.1) is 0 Å². The number of aliphatic hydroxyl groups is 1. The molecule has 0 bridgehead atoms. The molecule has 88 valence electrons. The predicted molar refractivity (Wildman–Crippen MR) is 69.0 cm³/mol. The van der Waals surface area contributed by atoms with Crippen molar-refractivity contribution in [2.75, 3.05) is 0 Å². The maximum Gasteiger partial charge on any atom is 0.106 e. The van der Waals surface area contributed by atoms with Crippen LogP contribution in [0.15, 0.2) is 36.7 Å². The number of rotatable bonds is 2. The number of benzene rings is 1. The Balaban J connectivity index is 2.47. The van der Waals surface area contributed by atoms with Crippen molar-refractivity contribution in [3.05, 3.63) is 64.5 Å². The lowest BCUT2D eigenvalue weighted by molar-refractivity contribution is 0.218.